The van der Waals surface area contributed by atoms with Gasteiger partial charge < -0.3 is 5.11 Å². The first-order chi connectivity index (χ1) is 9.27. The fraction of sp³-hybridized carbons (Fsp3) is 0.357. The molecule has 0 atom stereocenters. The van der Waals surface area contributed by atoms with Crippen LogP contribution >= 0.6 is 11.6 Å². The van der Waals surface area contributed by atoms with Crippen LogP contribution in [-0.4, -0.2) is 18.1 Å². The van der Waals surface area contributed by atoms with Crippen molar-refractivity contribution in [1.82, 2.24) is 4.98 Å². The highest BCUT2D eigenvalue weighted by atomic mass is 35.5. The molecule has 2 rings (SSSR count). The fourth-order valence-corrected chi connectivity index (χ4v) is 2.36. The minimum atomic E-state index is -0.238. The summed E-state index contributed by atoms with van der Waals surface area (Å²) < 4.78 is 20.6. The van der Waals surface area contributed by atoms with E-state index in [2.05, 4.69) is 10.1 Å². The van der Waals surface area contributed by atoms with Gasteiger partial charge in [-0.2, -0.15) is 0 Å². The number of rotatable bonds is 6. The van der Waals surface area contributed by atoms with E-state index in [1.165, 1.54) is 6.07 Å². The summed E-state index contributed by atoms with van der Waals surface area (Å²) in [5, 5.41) is 5.69. The van der Waals surface area contributed by atoms with Crippen LogP contribution < -0.4 is 0 Å². The van der Waals surface area contributed by atoms with Gasteiger partial charge in [-0.25, -0.2) is 4.39 Å². The molecule has 0 bridgehead atoms. The van der Waals surface area contributed by atoms with Crippen LogP contribution in [0.15, 0.2) is 24.4 Å². The maximum Gasteiger partial charge on any atom is 0.210 e. The average Bonchev–Trinajstić information content (AvgIpc) is 2.43. The highest BCUT2D eigenvalue weighted by Crippen LogP contribution is 2.26. The van der Waals surface area contributed by atoms with Crippen molar-refractivity contribution < 1.29 is 9.50 Å². The van der Waals surface area contributed by atoms with E-state index in [1.807, 2.05) is 6.07 Å². The lowest BCUT2D eigenvalue weighted by Crippen LogP contribution is -2.00. The third-order valence-corrected chi connectivity index (χ3v) is 3.26. The molecule has 0 saturated carbocycles. The van der Waals surface area contributed by atoms with Crippen LogP contribution in [0.4, 0.5) is 4.39 Å². The molecule has 1 aromatic carbocycles. The standard InChI is InChI=1S/C14H15ClFNO/c15-8-13-11(5-1-2-7-18)14-10(9-17-13)4-3-6-12(14)16/h3-4,6,9,18H,1-2,5,7-8H2/i18T. The molecule has 0 unspecified atom stereocenters. The van der Waals surface area contributed by atoms with Crippen molar-refractivity contribution in [1.29, 1.82) is 1.43 Å². The topological polar surface area (TPSA) is 33.1 Å². The third kappa shape index (κ3) is 2.62. The minimum absolute atomic E-state index is 0.238. The molecule has 2 aromatic rings. The van der Waals surface area contributed by atoms with Gasteiger partial charge in [-0.3, -0.25) is 4.98 Å². The molecule has 0 aliphatic heterocycles. The predicted molar refractivity (Wildman–Crippen MR) is 71.3 cm³/mol. The summed E-state index contributed by atoms with van der Waals surface area (Å²) in [5.74, 6) is 0.0344. The SMILES string of the molecule is [3H]OCCCCc1c(CCl)ncc2cccc(F)c12. The van der Waals surface area contributed by atoms with Crippen molar-refractivity contribution in [3.63, 3.8) is 0 Å². The lowest BCUT2D eigenvalue weighted by molar-refractivity contribution is 0.284. The molecule has 0 aliphatic rings. The summed E-state index contributed by atoms with van der Waals surface area (Å²) in [6.07, 6.45) is 3.93. The molecule has 96 valence electrons. The van der Waals surface area contributed by atoms with Gasteiger partial charge in [-0.1, -0.05) is 12.1 Å². The Hall–Kier alpha value is -1.19. The number of aromatic nitrogens is 1. The molecule has 18 heavy (non-hydrogen) atoms. The lowest BCUT2D eigenvalue weighted by atomic mass is 9.99. The van der Waals surface area contributed by atoms with Crippen molar-refractivity contribution in [3.8, 4) is 0 Å². The molecule has 2 nitrogen and oxygen atoms in total. The number of unbranched alkanes of at least 4 members (excludes halogenated alkanes) is 1. The average molecular weight is 270 g/mol. The van der Waals surface area contributed by atoms with Gasteiger partial charge >= 0.3 is 0 Å². The molecule has 1 N–H and O–H groups in total. The van der Waals surface area contributed by atoms with E-state index in [0.717, 1.165) is 29.5 Å². The quantitative estimate of drug-likeness (QED) is 0.644. The zero-order chi connectivity index (χ0) is 13.7. The van der Waals surface area contributed by atoms with Gasteiger partial charge in [0.05, 0.1) is 11.6 Å². The van der Waals surface area contributed by atoms with E-state index < -0.39 is 0 Å². The Kier molecular flexibility index (Phi) is 4.04. The molecule has 0 spiro atoms. The van der Waals surface area contributed by atoms with Crippen LogP contribution in [-0.2, 0) is 12.3 Å². The Labute approximate surface area is 112 Å². The van der Waals surface area contributed by atoms with E-state index in [9.17, 15) is 4.39 Å². The number of hydrogen-bond donors (Lipinski definition) is 1. The first kappa shape index (κ1) is 11.9. The van der Waals surface area contributed by atoms with E-state index >= 15 is 0 Å². The number of nitrogens with zero attached hydrogens (tertiary/aromatic N) is 1. The Morgan fingerprint density at radius 1 is 1.39 bits per heavy atom. The van der Waals surface area contributed by atoms with Gasteiger partial charge in [-0.15, -0.1) is 11.6 Å². The van der Waals surface area contributed by atoms with Crippen LogP contribution in [0.1, 0.15) is 24.1 Å². The molecule has 1 heterocycles. The number of benzene rings is 1. The number of hydrogen-bond acceptors (Lipinski definition) is 2. The Morgan fingerprint density at radius 2 is 2.28 bits per heavy atom. The number of aliphatic hydroxyl groups excluding tert-OH is 1. The molecule has 1 aromatic heterocycles. The van der Waals surface area contributed by atoms with Gasteiger partial charge in [0.25, 0.3) is 0 Å². The molecular formula is C14H15ClFNO. The molecule has 0 radical (unpaired) electrons. The normalized spacial score (nSPS) is 11.8. The second kappa shape index (κ2) is 6.12. The van der Waals surface area contributed by atoms with Gasteiger partial charge in [-0.05, 0) is 30.9 Å². The summed E-state index contributed by atoms with van der Waals surface area (Å²) in [6, 6.07) is 4.98. The number of aryl methyl sites for hydroxylation is 1. The second-order valence-electron chi connectivity index (χ2n) is 4.18. The minimum Gasteiger partial charge on any atom is -0.396 e. The second-order valence-corrected chi connectivity index (χ2v) is 4.45. The molecule has 4 heteroatoms. The van der Waals surface area contributed by atoms with E-state index in [-0.39, 0.29) is 11.7 Å². The first-order valence-electron chi connectivity index (χ1n) is 6.37. The third-order valence-electron chi connectivity index (χ3n) is 3.00. The zero-order valence-electron chi connectivity index (χ0n) is 11.0. The lowest BCUT2D eigenvalue weighted by Gasteiger charge is -2.11. The number of aliphatic hydroxyl groups is 1. The maximum atomic E-state index is 14.0. The number of pyridine rings is 1. The highest BCUT2D eigenvalue weighted by molar-refractivity contribution is 6.17. The summed E-state index contributed by atoms with van der Waals surface area (Å²) in [6.45, 7) is 0.386. The fourth-order valence-electron chi connectivity index (χ4n) is 2.12. The van der Waals surface area contributed by atoms with Gasteiger partial charge in [0.2, 0.25) is 1.43 Å². The molecular weight excluding hydrogens is 253 g/mol. The smallest absolute Gasteiger partial charge is 0.210 e. The van der Waals surface area contributed by atoms with Crippen molar-refractivity contribution in [2.24, 2.45) is 0 Å². The van der Waals surface area contributed by atoms with Crippen LogP contribution in [0, 0.1) is 5.82 Å². The zero-order valence-corrected chi connectivity index (χ0v) is 10.7. The van der Waals surface area contributed by atoms with Crippen molar-refractivity contribution in [2.75, 3.05) is 6.61 Å². The van der Waals surface area contributed by atoms with Gasteiger partial charge in [0.1, 0.15) is 5.82 Å². The van der Waals surface area contributed by atoms with E-state index in [1.54, 1.807) is 12.3 Å². The molecule has 0 aliphatic carbocycles. The van der Waals surface area contributed by atoms with Crippen LogP contribution in [0.2, 0.25) is 0 Å². The molecule has 0 amide bonds. The van der Waals surface area contributed by atoms with Crippen molar-refractivity contribution >= 4 is 22.4 Å². The maximum absolute atomic E-state index is 14.0. The Morgan fingerprint density at radius 3 is 3.06 bits per heavy atom. The molecule has 0 saturated heterocycles. The van der Waals surface area contributed by atoms with Crippen molar-refractivity contribution in [3.05, 3.63) is 41.5 Å². The van der Waals surface area contributed by atoms with Crippen LogP contribution in [0.5, 0.6) is 0 Å². The van der Waals surface area contributed by atoms with E-state index in [0.29, 0.717) is 18.4 Å². The first-order valence-corrected chi connectivity index (χ1v) is 6.50. The van der Waals surface area contributed by atoms with Crippen molar-refractivity contribution in [2.45, 2.75) is 25.1 Å². The highest BCUT2D eigenvalue weighted by Gasteiger charge is 2.11. The molecule has 0 fully saturated rings. The Bertz CT molecular complexity index is 564. The predicted octanol–water partition coefficient (Wildman–Crippen LogP) is 3.43. The van der Waals surface area contributed by atoms with E-state index in [4.69, 9.17) is 13.0 Å². The monoisotopic (exact) mass is 269 g/mol. The summed E-state index contributed by atoms with van der Waals surface area (Å²) in [4.78, 5) is 4.30. The van der Waals surface area contributed by atoms with Crippen LogP contribution in [0.25, 0.3) is 10.8 Å². The summed E-state index contributed by atoms with van der Waals surface area (Å²) in [7, 11) is 0. The van der Waals surface area contributed by atoms with Gasteiger partial charge in [0, 0.05) is 23.6 Å². The summed E-state index contributed by atoms with van der Waals surface area (Å²) >= 11 is 5.89. The number of alkyl halides is 1. The summed E-state index contributed by atoms with van der Waals surface area (Å²) in [5.41, 5.74) is 1.60. The number of halogens is 2. The number of fused-ring (bicyclic) bond motifs is 1. The largest absolute Gasteiger partial charge is 0.396 e. The van der Waals surface area contributed by atoms with Crippen LogP contribution in [0.3, 0.4) is 0 Å². The van der Waals surface area contributed by atoms with Gasteiger partial charge in [0.15, 0.2) is 0 Å². The Balaban J connectivity index is 2.37.